The van der Waals surface area contributed by atoms with E-state index in [2.05, 4.69) is 15.7 Å². The lowest BCUT2D eigenvalue weighted by Gasteiger charge is -2.16. The molecule has 0 radical (unpaired) electrons. The van der Waals surface area contributed by atoms with Crippen LogP contribution < -0.4 is 10.5 Å². The molecule has 1 fully saturated rings. The van der Waals surface area contributed by atoms with Gasteiger partial charge in [0.2, 0.25) is 0 Å². The van der Waals surface area contributed by atoms with E-state index in [1.165, 1.54) is 43.8 Å². The lowest BCUT2D eigenvalue weighted by molar-refractivity contribution is 0.0367. The predicted octanol–water partition coefficient (Wildman–Crippen LogP) is 5.20. The first-order valence-electron chi connectivity index (χ1n) is 13.4. The zero-order chi connectivity index (χ0) is 31.1. The van der Waals surface area contributed by atoms with Crippen molar-refractivity contribution < 1.29 is 32.5 Å². The number of nitrogens with two attached hydrogens (primary N) is 1. The van der Waals surface area contributed by atoms with Gasteiger partial charge < -0.3 is 24.9 Å². The molecule has 0 bridgehead atoms. The highest BCUT2D eigenvalue weighted by molar-refractivity contribution is 6.30. The fourth-order valence-corrected chi connectivity index (χ4v) is 4.50. The predicted molar refractivity (Wildman–Crippen MR) is 156 cm³/mol. The molecule has 4 heterocycles. The number of pyridine rings is 1. The van der Waals surface area contributed by atoms with Crippen molar-refractivity contribution in [3.63, 3.8) is 0 Å². The number of rotatable bonds is 7. The Morgan fingerprint density at radius 3 is 2.44 bits per heavy atom. The molecule has 0 saturated carbocycles. The van der Waals surface area contributed by atoms with E-state index in [4.69, 9.17) is 21.1 Å². The number of aromatic nitrogens is 3. The van der Waals surface area contributed by atoms with Crippen LogP contribution in [0, 0.1) is 17.5 Å². The topological polar surface area (TPSA) is 116 Å². The number of hydrogen-bond donors (Lipinski definition) is 2. The molecule has 0 atom stereocenters. The molecule has 6 rings (SSSR count). The van der Waals surface area contributed by atoms with E-state index in [-0.39, 0.29) is 34.2 Å². The molecule has 13 heteroatoms. The van der Waals surface area contributed by atoms with Crippen LogP contribution in [0.2, 0.25) is 5.02 Å². The summed E-state index contributed by atoms with van der Waals surface area (Å²) >= 11 is 5.76. The van der Waals surface area contributed by atoms with Crippen molar-refractivity contribution in [1.29, 1.82) is 0 Å². The minimum absolute atomic E-state index is 0.0118. The van der Waals surface area contributed by atoms with E-state index in [1.54, 1.807) is 11.6 Å². The van der Waals surface area contributed by atoms with Crippen molar-refractivity contribution in [2.45, 2.75) is 19.6 Å². The lowest BCUT2D eigenvalue weighted by Crippen LogP contribution is -2.22. The number of aromatic carboxylic acids is 1. The number of aryl methyl sites for hydroxylation is 1. The summed E-state index contributed by atoms with van der Waals surface area (Å²) in [7, 11) is 3.19. The van der Waals surface area contributed by atoms with Crippen molar-refractivity contribution in [3.8, 4) is 5.75 Å². The maximum absolute atomic E-state index is 14.7. The van der Waals surface area contributed by atoms with Crippen molar-refractivity contribution in [2.24, 2.45) is 12.8 Å². The van der Waals surface area contributed by atoms with Crippen molar-refractivity contribution in [3.05, 3.63) is 93.8 Å². The molecule has 2 aliphatic heterocycles. The van der Waals surface area contributed by atoms with Gasteiger partial charge in [-0.3, -0.25) is 4.90 Å². The number of benzene rings is 2. The number of carboxylic acids is 1. The van der Waals surface area contributed by atoms with Crippen LogP contribution >= 0.6 is 11.6 Å². The SMILES string of the molecule is C1COC1.CN.Cn1c(CN2CC=C(c3nc(COc4ccc(Cl)cc4F)ccc3F)C2)nc2c(F)cc(C(=O)O)cc21. The van der Waals surface area contributed by atoms with Crippen LogP contribution in [0.3, 0.4) is 0 Å². The van der Waals surface area contributed by atoms with E-state index < -0.39 is 23.4 Å². The average Bonchev–Trinajstić information content (AvgIpc) is 3.54. The summed E-state index contributed by atoms with van der Waals surface area (Å²) < 4.78 is 54.9. The monoisotopic (exact) mass is 617 g/mol. The Labute approximate surface area is 251 Å². The smallest absolute Gasteiger partial charge is 0.335 e. The molecule has 0 unspecified atom stereocenters. The molecule has 2 aliphatic rings. The third-order valence-electron chi connectivity index (χ3n) is 6.69. The van der Waals surface area contributed by atoms with Gasteiger partial charge in [0.05, 0.1) is 23.3 Å². The number of ether oxygens (including phenoxy) is 2. The Morgan fingerprint density at radius 1 is 1.07 bits per heavy atom. The van der Waals surface area contributed by atoms with Gasteiger partial charge >= 0.3 is 5.97 Å². The van der Waals surface area contributed by atoms with E-state index in [1.807, 2.05) is 11.0 Å². The highest BCUT2D eigenvalue weighted by Crippen LogP contribution is 2.27. The van der Waals surface area contributed by atoms with Gasteiger partial charge in [0.25, 0.3) is 0 Å². The summed E-state index contributed by atoms with van der Waals surface area (Å²) in [6.07, 6.45) is 3.13. The number of nitrogens with zero attached hydrogens (tertiary/aromatic N) is 4. The molecule has 3 N–H and O–H groups in total. The number of carboxylic acid groups (broad SMARTS) is 1. The molecule has 2 aromatic carbocycles. The molecule has 43 heavy (non-hydrogen) atoms. The first-order chi connectivity index (χ1) is 20.7. The van der Waals surface area contributed by atoms with Gasteiger partial charge in [-0.05, 0) is 61.5 Å². The fourth-order valence-electron chi connectivity index (χ4n) is 4.34. The van der Waals surface area contributed by atoms with Gasteiger partial charge in [-0.15, -0.1) is 0 Å². The Kier molecular flexibility index (Phi) is 10.8. The maximum Gasteiger partial charge on any atom is 0.335 e. The molecular weight excluding hydrogens is 587 g/mol. The van der Waals surface area contributed by atoms with E-state index in [0.717, 1.165) is 25.3 Å². The normalized spacial score (nSPS) is 14.3. The van der Waals surface area contributed by atoms with Gasteiger partial charge in [0.1, 0.15) is 29.5 Å². The second kappa shape index (κ2) is 14.5. The lowest BCUT2D eigenvalue weighted by atomic mass is 10.1. The summed E-state index contributed by atoms with van der Waals surface area (Å²) in [5.41, 5.74) is 6.06. The highest BCUT2D eigenvalue weighted by atomic mass is 35.5. The Balaban J connectivity index is 0.000000640. The first-order valence-corrected chi connectivity index (χ1v) is 13.8. The second-order valence-corrected chi connectivity index (χ2v) is 10.0. The fraction of sp³-hybridized carbons (Fsp3) is 0.300. The van der Waals surface area contributed by atoms with Crippen LogP contribution in [0.4, 0.5) is 13.2 Å². The third kappa shape index (κ3) is 7.71. The minimum atomic E-state index is -1.22. The number of carbonyl (C=O) groups is 1. The summed E-state index contributed by atoms with van der Waals surface area (Å²) in [6, 6.07) is 9.15. The molecule has 2 aromatic heterocycles. The Morgan fingerprint density at radius 2 is 1.79 bits per heavy atom. The molecule has 1 saturated heterocycles. The quantitative estimate of drug-likeness (QED) is 0.291. The summed E-state index contributed by atoms with van der Waals surface area (Å²) in [5, 5.41) is 9.46. The van der Waals surface area contributed by atoms with Crippen molar-refractivity contribution in [1.82, 2.24) is 19.4 Å². The third-order valence-corrected chi connectivity index (χ3v) is 6.92. The standard InChI is InChI=1S/C26H20ClF3N4O3.C3H6O.CH5N/c1-33-21-9-15(26(35)36)8-20(30)25(21)32-23(33)12-34-7-6-14(11-34)24-18(28)4-3-17(31-24)13-37-22-5-2-16(27)10-19(22)29;1-2-4-3-1;1-2/h2-6,8-10H,7,11-13H2,1H3,(H,35,36);1-3H2;2H2,1H3. The highest BCUT2D eigenvalue weighted by Gasteiger charge is 2.23. The molecule has 9 nitrogen and oxygen atoms in total. The van der Waals surface area contributed by atoms with Crippen LogP contribution in [0.1, 0.15) is 34.0 Å². The maximum atomic E-state index is 14.7. The van der Waals surface area contributed by atoms with Gasteiger partial charge in [-0.1, -0.05) is 17.7 Å². The molecule has 4 aromatic rings. The van der Waals surface area contributed by atoms with E-state index >= 15 is 0 Å². The number of imidazole rings is 1. The van der Waals surface area contributed by atoms with Crippen LogP contribution in [0.25, 0.3) is 16.6 Å². The average molecular weight is 618 g/mol. The van der Waals surface area contributed by atoms with Crippen LogP contribution in [0.15, 0.2) is 48.5 Å². The summed E-state index contributed by atoms with van der Waals surface area (Å²) in [4.78, 5) is 22.0. The number of hydrogen-bond acceptors (Lipinski definition) is 7. The van der Waals surface area contributed by atoms with Gasteiger partial charge in [0.15, 0.2) is 17.4 Å². The zero-order valence-corrected chi connectivity index (χ0v) is 24.4. The Hall–Kier alpha value is -3.97. The number of fused-ring (bicyclic) bond motifs is 1. The molecule has 0 spiro atoms. The Bertz CT molecular complexity index is 1640. The largest absolute Gasteiger partial charge is 0.484 e. The van der Waals surface area contributed by atoms with Gasteiger partial charge in [-0.25, -0.2) is 27.9 Å². The molecule has 0 aliphatic carbocycles. The van der Waals surface area contributed by atoms with Crippen LogP contribution in [-0.2, 0) is 24.9 Å². The zero-order valence-electron chi connectivity index (χ0n) is 23.6. The van der Waals surface area contributed by atoms with E-state index in [9.17, 15) is 23.1 Å². The molecule has 228 valence electrons. The minimum Gasteiger partial charge on any atom is -0.484 e. The first kappa shape index (κ1) is 32.0. The van der Waals surface area contributed by atoms with Crippen molar-refractivity contribution in [2.75, 3.05) is 33.4 Å². The summed E-state index contributed by atoms with van der Waals surface area (Å²) in [6.45, 7) is 3.12. The van der Waals surface area contributed by atoms with Gasteiger partial charge in [-0.2, -0.15) is 0 Å². The summed E-state index contributed by atoms with van der Waals surface area (Å²) in [5.74, 6) is -2.49. The van der Waals surface area contributed by atoms with Crippen LogP contribution in [0.5, 0.6) is 5.75 Å². The molecule has 0 amide bonds. The second-order valence-electron chi connectivity index (χ2n) is 9.58. The molecular formula is C30H31ClF3N5O4. The van der Waals surface area contributed by atoms with Crippen molar-refractivity contribution >= 4 is 34.2 Å². The van der Waals surface area contributed by atoms with Crippen LogP contribution in [-0.4, -0.2) is 63.9 Å². The van der Waals surface area contributed by atoms with E-state index in [0.29, 0.717) is 42.2 Å². The number of halogens is 4. The van der Waals surface area contributed by atoms with Gasteiger partial charge in [0, 0.05) is 38.4 Å².